The van der Waals surface area contributed by atoms with E-state index in [9.17, 15) is 19.7 Å². The Morgan fingerprint density at radius 2 is 2.14 bits per heavy atom. The van der Waals surface area contributed by atoms with E-state index in [-0.39, 0.29) is 23.0 Å². The van der Waals surface area contributed by atoms with Gasteiger partial charge in [-0.2, -0.15) is 0 Å². The maximum absolute atomic E-state index is 11.8. The van der Waals surface area contributed by atoms with E-state index in [2.05, 4.69) is 5.32 Å². The first kappa shape index (κ1) is 16.4. The van der Waals surface area contributed by atoms with Crippen LogP contribution in [0.2, 0.25) is 0 Å². The first-order chi connectivity index (χ1) is 9.85. The minimum absolute atomic E-state index is 0.0286. The lowest BCUT2D eigenvalue weighted by atomic mass is 10.1. The van der Waals surface area contributed by atoms with Crippen LogP contribution < -0.4 is 11.1 Å². The summed E-state index contributed by atoms with van der Waals surface area (Å²) in [4.78, 5) is 33.3. The molecule has 3 N–H and O–H groups in total. The van der Waals surface area contributed by atoms with Gasteiger partial charge in [-0.3, -0.25) is 14.9 Å². The summed E-state index contributed by atoms with van der Waals surface area (Å²) in [5.41, 5.74) is 5.21. The SMILES string of the molecule is CC[C@H](C)NC(=O)COC(=O)c1cc([N+](=O)[O-])ccc1N. The van der Waals surface area contributed by atoms with E-state index in [0.29, 0.717) is 0 Å². The number of nitro benzene ring substituents is 1. The van der Waals surface area contributed by atoms with E-state index in [1.807, 2.05) is 13.8 Å². The third kappa shape index (κ3) is 4.75. The molecule has 1 amide bonds. The number of carbonyl (C=O) groups is 2. The van der Waals surface area contributed by atoms with Gasteiger partial charge in [0.2, 0.25) is 0 Å². The summed E-state index contributed by atoms with van der Waals surface area (Å²) in [5, 5.41) is 13.3. The summed E-state index contributed by atoms with van der Waals surface area (Å²) in [6.45, 7) is 3.25. The molecule has 0 aliphatic rings. The van der Waals surface area contributed by atoms with Crippen LogP contribution in [0.25, 0.3) is 0 Å². The van der Waals surface area contributed by atoms with Crippen molar-refractivity contribution >= 4 is 23.3 Å². The maximum Gasteiger partial charge on any atom is 0.341 e. The smallest absolute Gasteiger partial charge is 0.341 e. The Hall–Kier alpha value is -2.64. The van der Waals surface area contributed by atoms with Crippen molar-refractivity contribution in [2.24, 2.45) is 0 Å². The van der Waals surface area contributed by atoms with E-state index in [4.69, 9.17) is 10.5 Å². The molecule has 1 atom stereocenters. The Morgan fingerprint density at radius 3 is 2.71 bits per heavy atom. The van der Waals surface area contributed by atoms with Crippen molar-refractivity contribution in [2.75, 3.05) is 12.3 Å². The Bertz CT molecular complexity index is 559. The molecule has 0 aliphatic heterocycles. The number of hydrogen-bond donors (Lipinski definition) is 2. The molecular weight excluding hydrogens is 278 g/mol. The second kappa shape index (κ2) is 7.22. The predicted octanol–water partition coefficient (Wildman–Crippen LogP) is 1.25. The fourth-order valence-corrected chi connectivity index (χ4v) is 1.46. The van der Waals surface area contributed by atoms with E-state index < -0.39 is 23.4 Å². The van der Waals surface area contributed by atoms with Crippen molar-refractivity contribution in [1.29, 1.82) is 0 Å². The van der Waals surface area contributed by atoms with Gasteiger partial charge < -0.3 is 15.8 Å². The van der Waals surface area contributed by atoms with Crippen molar-refractivity contribution in [3.8, 4) is 0 Å². The number of amides is 1. The molecule has 21 heavy (non-hydrogen) atoms. The van der Waals surface area contributed by atoms with E-state index in [1.54, 1.807) is 0 Å². The number of rotatable bonds is 6. The maximum atomic E-state index is 11.8. The zero-order valence-corrected chi connectivity index (χ0v) is 11.8. The topological polar surface area (TPSA) is 125 Å². The Morgan fingerprint density at radius 1 is 1.48 bits per heavy atom. The van der Waals surface area contributed by atoms with Gasteiger partial charge in [0.05, 0.1) is 10.5 Å². The monoisotopic (exact) mass is 295 g/mol. The lowest BCUT2D eigenvalue weighted by Crippen LogP contribution is -2.35. The first-order valence-electron chi connectivity index (χ1n) is 6.35. The average molecular weight is 295 g/mol. The van der Waals surface area contributed by atoms with Crippen molar-refractivity contribution < 1.29 is 19.2 Å². The van der Waals surface area contributed by atoms with Crippen molar-refractivity contribution in [3.05, 3.63) is 33.9 Å². The molecule has 0 radical (unpaired) electrons. The number of non-ortho nitro benzene ring substituents is 1. The number of ether oxygens (including phenoxy) is 1. The summed E-state index contributed by atoms with van der Waals surface area (Å²) in [5.74, 6) is -1.32. The van der Waals surface area contributed by atoms with Crippen LogP contribution in [0, 0.1) is 10.1 Å². The van der Waals surface area contributed by atoms with Crippen LogP contribution in [0.3, 0.4) is 0 Å². The van der Waals surface area contributed by atoms with E-state index in [1.165, 1.54) is 12.1 Å². The molecule has 0 heterocycles. The van der Waals surface area contributed by atoms with Crippen LogP contribution in [-0.4, -0.2) is 29.4 Å². The van der Waals surface area contributed by atoms with Crippen LogP contribution in [0.5, 0.6) is 0 Å². The molecule has 0 aromatic heterocycles. The molecule has 0 bridgehead atoms. The minimum atomic E-state index is -0.879. The number of nitro groups is 1. The number of carbonyl (C=O) groups excluding carboxylic acids is 2. The van der Waals surface area contributed by atoms with Gasteiger partial charge >= 0.3 is 5.97 Å². The van der Waals surface area contributed by atoms with Crippen molar-refractivity contribution in [3.63, 3.8) is 0 Å². The van der Waals surface area contributed by atoms with Gasteiger partial charge in [0, 0.05) is 23.9 Å². The number of benzene rings is 1. The third-order valence-corrected chi connectivity index (χ3v) is 2.82. The highest BCUT2D eigenvalue weighted by Gasteiger charge is 2.17. The molecule has 0 saturated heterocycles. The van der Waals surface area contributed by atoms with Gasteiger partial charge in [0.25, 0.3) is 11.6 Å². The Labute approximate surface area is 121 Å². The number of nitrogens with zero attached hydrogens (tertiary/aromatic N) is 1. The standard InChI is InChI=1S/C13H17N3O5/c1-3-8(2)15-12(17)7-21-13(18)10-6-9(16(19)20)4-5-11(10)14/h4-6,8H,3,7,14H2,1-2H3,(H,15,17)/t8-/m0/s1. The van der Waals surface area contributed by atoms with E-state index >= 15 is 0 Å². The number of esters is 1. The molecule has 0 spiro atoms. The van der Waals surface area contributed by atoms with Gasteiger partial charge in [0.1, 0.15) is 0 Å². The molecule has 1 aromatic rings. The van der Waals surface area contributed by atoms with Gasteiger partial charge in [-0.25, -0.2) is 4.79 Å². The minimum Gasteiger partial charge on any atom is -0.452 e. The molecule has 0 fully saturated rings. The van der Waals surface area contributed by atoms with Gasteiger partial charge in [-0.1, -0.05) is 6.92 Å². The lowest BCUT2D eigenvalue weighted by Gasteiger charge is -2.11. The second-order valence-electron chi connectivity index (χ2n) is 4.48. The Balaban J connectivity index is 2.70. The highest BCUT2D eigenvalue weighted by molar-refractivity contribution is 5.96. The van der Waals surface area contributed by atoms with Crippen LogP contribution >= 0.6 is 0 Å². The zero-order chi connectivity index (χ0) is 16.0. The number of nitrogen functional groups attached to an aromatic ring is 1. The number of nitrogens with one attached hydrogen (secondary N) is 1. The highest BCUT2D eigenvalue weighted by Crippen LogP contribution is 2.20. The molecule has 1 aromatic carbocycles. The first-order valence-corrected chi connectivity index (χ1v) is 6.35. The van der Waals surface area contributed by atoms with Crippen molar-refractivity contribution in [1.82, 2.24) is 5.32 Å². The molecule has 1 rings (SSSR count). The van der Waals surface area contributed by atoms with Gasteiger partial charge in [-0.05, 0) is 19.4 Å². The van der Waals surface area contributed by atoms with Crippen LogP contribution in [-0.2, 0) is 9.53 Å². The summed E-state index contributed by atoms with van der Waals surface area (Å²) in [6.07, 6.45) is 0.748. The summed E-state index contributed by atoms with van der Waals surface area (Å²) < 4.78 is 4.80. The number of nitrogens with two attached hydrogens (primary N) is 1. The average Bonchev–Trinajstić information content (AvgIpc) is 2.44. The molecule has 114 valence electrons. The third-order valence-electron chi connectivity index (χ3n) is 2.82. The fraction of sp³-hybridized carbons (Fsp3) is 0.385. The van der Waals surface area contributed by atoms with Gasteiger partial charge in [0.15, 0.2) is 6.61 Å². The normalized spacial score (nSPS) is 11.5. The molecule has 0 saturated carbocycles. The highest BCUT2D eigenvalue weighted by atomic mass is 16.6. The quantitative estimate of drug-likeness (QED) is 0.352. The summed E-state index contributed by atoms with van der Waals surface area (Å²) in [7, 11) is 0. The molecular formula is C13H17N3O5. The van der Waals surface area contributed by atoms with Crippen LogP contribution in [0.15, 0.2) is 18.2 Å². The molecule has 0 aliphatic carbocycles. The van der Waals surface area contributed by atoms with Gasteiger partial charge in [-0.15, -0.1) is 0 Å². The number of anilines is 1. The zero-order valence-electron chi connectivity index (χ0n) is 11.8. The molecule has 8 nitrogen and oxygen atoms in total. The van der Waals surface area contributed by atoms with Crippen LogP contribution in [0.4, 0.5) is 11.4 Å². The second-order valence-corrected chi connectivity index (χ2v) is 4.48. The van der Waals surface area contributed by atoms with Crippen LogP contribution in [0.1, 0.15) is 30.6 Å². The number of hydrogen-bond acceptors (Lipinski definition) is 6. The lowest BCUT2D eigenvalue weighted by molar-refractivity contribution is -0.384. The fourth-order valence-electron chi connectivity index (χ4n) is 1.46. The largest absolute Gasteiger partial charge is 0.452 e. The Kier molecular flexibility index (Phi) is 5.65. The van der Waals surface area contributed by atoms with Crippen molar-refractivity contribution in [2.45, 2.75) is 26.3 Å². The summed E-state index contributed by atoms with van der Waals surface area (Å²) in [6, 6.07) is 3.42. The van der Waals surface area contributed by atoms with E-state index in [0.717, 1.165) is 12.5 Å². The molecule has 8 heteroatoms. The predicted molar refractivity (Wildman–Crippen MR) is 75.7 cm³/mol. The summed E-state index contributed by atoms with van der Waals surface area (Å²) >= 11 is 0. The molecule has 0 unspecified atom stereocenters.